The number of nitrogens with zero attached hydrogens (tertiary/aromatic N) is 2. The number of ether oxygens (including phenoxy) is 1. The molecule has 29 heavy (non-hydrogen) atoms. The smallest absolute Gasteiger partial charge is 0.253 e. The van der Waals surface area contributed by atoms with Gasteiger partial charge in [-0.05, 0) is 55.7 Å². The van der Waals surface area contributed by atoms with Crippen LogP contribution >= 0.6 is 24.0 Å². The fourth-order valence-corrected chi connectivity index (χ4v) is 3.51. The molecule has 164 valence electrons. The molecule has 1 aromatic carbocycles. The molecule has 0 radical (unpaired) electrons. The fraction of sp³-hybridized carbons (Fsp3) is 0.636. The number of hydrogen-bond donors (Lipinski definition) is 2. The zero-order valence-electron chi connectivity index (χ0n) is 18.3. The van der Waals surface area contributed by atoms with E-state index >= 15 is 0 Å². The Morgan fingerprint density at radius 2 is 2.03 bits per heavy atom. The van der Waals surface area contributed by atoms with E-state index in [0.29, 0.717) is 5.41 Å². The topological polar surface area (TPSA) is 66.0 Å². The molecule has 0 atom stereocenters. The summed E-state index contributed by atoms with van der Waals surface area (Å²) in [7, 11) is 5.32. The number of methoxy groups -OCH3 is 1. The average Bonchev–Trinajstić information content (AvgIpc) is 2.66. The monoisotopic (exact) mass is 516 g/mol. The first-order chi connectivity index (χ1) is 13.5. The first-order valence-electron chi connectivity index (χ1n) is 10.3. The summed E-state index contributed by atoms with van der Waals surface area (Å²) in [4.78, 5) is 18.6. The van der Waals surface area contributed by atoms with Crippen molar-refractivity contribution in [2.45, 2.75) is 39.0 Å². The van der Waals surface area contributed by atoms with Crippen LogP contribution in [-0.2, 0) is 11.2 Å². The van der Waals surface area contributed by atoms with E-state index in [-0.39, 0.29) is 29.9 Å². The number of nitrogens with one attached hydrogen (secondary N) is 2. The Morgan fingerprint density at radius 1 is 1.28 bits per heavy atom. The fourth-order valence-electron chi connectivity index (χ4n) is 3.51. The summed E-state index contributed by atoms with van der Waals surface area (Å²) in [6, 6.07) is 7.85. The molecule has 2 rings (SSSR count). The van der Waals surface area contributed by atoms with Crippen LogP contribution in [0.4, 0.5) is 0 Å². The Hall–Kier alpha value is -1.35. The third kappa shape index (κ3) is 8.12. The Morgan fingerprint density at radius 3 is 2.62 bits per heavy atom. The minimum Gasteiger partial charge on any atom is -0.385 e. The van der Waals surface area contributed by atoms with Crippen LogP contribution in [0, 0.1) is 5.41 Å². The summed E-state index contributed by atoms with van der Waals surface area (Å²) in [6.45, 7) is 5.35. The van der Waals surface area contributed by atoms with E-state index in [1.807, 2.05) is 18.2 Å². The van der Waals surface area contributed by atoms with Gasteiger partial charge in [-0.15, -0.1) is 24.0 Å². The standard InChI is InChI=1S/C22H36N4O2.HI/c1-5-23-21(25-17-22(11-7-12-22)13-15-28-4)24-14-10-18-8-6-9-19(16-18)20(27)26(2)3;/h6,8-9,16H,5,7,10-15,17H2,1-4H3,(H2,23,24,25);1H. The van der Waals surface area contributed by atoms with Crippen LogP contribution in [0.3, 0.4) is 0 Å². The molecular weight excluding hydrogens is 479 g/mol. The van der Waals surface area contributed by atoms with E-state index in [1.54, 1.807) is 26.1 Å². The number of carbonyl (C=O) groups excluding carboxylic acids is 1. The van der Waals surface area contributed by atoms with Gasteiger partial charge in [0.15, 0.2) is 5.96 Å². The molecule has 0 heterocycles. The predicted octanol–water partition coefficient (Wildman–Crippen LogP) is 3.31. The summed E-state index contributed by atoms with van der Waals surface area (Å²) < 4.78 is 5.28. The van der Waals surface area contributed by atoms with E-state index in [0.717, 1.165) is 56.2 Å². The predicted molar refractivity (Wildman–Crippen MR) is 130 cm³/mol. The second-order valence-corrected chi connectivity index (χ2v) is 7.87. The molecule has 1 fully saturated rings. The first-order valence-corrected chi connectivity index (χ1v) is 10.3. The molecule has 0 unspecified atom stereocenters. The minimum absolute atomic E-state index is 0. The number of hydrogen-bond acceptors (Lipinski definition) is 3. The minimum atomic E-state index is 0. The van der Waals surface area contributed by atoms with Crippen molar-refractivity contribution in [3.05, 3.63) is 35.4 Å². The summed E-state index contributed by atoms with van der Waals surface area (Å²) in [6.07, 6.45) is 5.70. The largest absolute Gasteiger partial charge is 0.385 e. The number of benzene rings is 1. The average molecular weight is 516 g/mol. The molecule has 1 amide bonds. The van der Waals surface area contributed by atoms with Gasteiger partial charge in [-0.25, -0.2) is 0 Å². The van der Waals surface area contributed by atoms with Crippen molar-refractivity contribution in [3.63, 3.8) is 0 Å². The van der Waals surface area contributed by atoms with Gasteiger partial charge in [-0.2, -0.15) is 0 Å². The number of guanidine groups is 1. The van der Waals surface area contributed by atoms with Crippen LogP contribution in [0.2, 0.25) is 0 Å². The third-order valence-electron chi connectivity index (χ3n) is 5.45. The van der Waals surface area contributed by atoms with Crippen LogP contribution in [0.15, 0.2) is 29.3 Å². The van der Waals surface area contributed by atoms with Gasteiger partial charge in [0.1, 0.15) is 0 Å². The van der Waals surface area contributed by atoms with Crippen molar-refractivity contribution in [1.82, 2.24) is 15.5 Å². The number of rotatable bonds is 10. The molecule has 0 bridgehead atoms. The lowest BCUT2D eigenvalue weighted by Crippen LogP contribution is -2.41. The molecule has 1 aliphatic rings. The first kappa shape index (κ1) is 25.7. The van der Waals surface area contributed by atoms with Crippen LogP contribution in [-0.4, -0.2) is 64.2 Å². The van der Waals surface area contributed by atoms with Gasteiger partial charge < -0.3 is 20.3 Å². The van der Waals surface area contributed by atoms with Gasteiger partial charge in [-0.3, -0.25) is 9.79 Å². The molecule has 1 saturated carbocycles. The van der Waals surface area contributed by atoms with Crippen LogP contribution in [0.25, 0.3) is 0 Å². The van der Waals surface area contributed by atoms with Gasteiger partial charge in [0.05, 0.1) is 0 Å². The van der Waals surface area contributed by atoms with Gasteiger partial charge in [0, 0.05) is 53.0 Å². The molecule has 6 nitrogen and oxygen atoms in total. The lowest BCUT2D eigenvalue weighted by Gasteiger charge is -2.40. The summed E-state index contributed by atoms with van der Waals surface area (Å²) in [5.41, 5.74) is 2.19. The zero-order valence-corrected chi connectivity index (χ0v) is 20.6. The van der Waals surface area contributed by atoms with Crippen molar-refractivity contribution in [2.24, 2.45) is 10.4 Å². The maximum atomic E-state index is 12.1. The molecule has 0 aromatic heterocycles. The highest BCUT2D eigenvalue weighted by atomic mass is 127. The molecule has 0 spiro atoms. The normalized spacial score (nSPS) is 15.1. The second kappa shape index (κ2) is 13.1. The van der Waals surface area contributed by atoms with E-state index in [9.17, 15) is 4.79 Å². The molecule has 1 aliphatic carbocycles. The third-order valence-corrected chi connectivity index (χ3v) is 5.45. The summed E-state index contributed by atoms with van der Waals surface area (Å²) in [5, 5.41) is 6.77. The molecule has 7 heteroatoms. The number of aliphatic imine (C=N–C) groups is 1. The summed E-state index contributed by atoms with van der Waals surface area (Å²) in [5.74, 6) is 0.901. The lowest BCUT2D eigenvalue weighted by molar-refractivity contribution is 0.0778. The number of amides is 1. The van der Waals surface area contributed by atoms with E-state index < -0.39 is 0 Å². The Bertz CT molecular complexity index is 660. The number of carbonyl (C=O) groups is 1. The van der Waals surface area contributed by atoms with Gasteiger partial charge in [0.2, 0.25) is 0 Å². The molecule has 0 saturated heterocycles. The quantitative estimate of drug-likeness (QED) is 0.285. The highest BCUT2D eigenvalue weighted by molar-refractivity contribution is 14.0. The van der Waals surface area contributed by atoms with Gasteiger partial charge in [-0.1, -0.05) is 18.6 Å². The summed E-state index contributed by atoms with van der Waals surface area (Å²) >= 11 is 0. The lowest BCUT2D eigenvalue weighted by atomic mass is 9.67. The van der Waals surface area contributed by atoms with Gasteiger partial charge in [0.25, 0.3) is 5.91 Å². The zero-order chi connectivity index (χ0) is 20.4. The van der Waals surface area contributed by atoms with E-state index in [2.05, 4.69) is 23.6 Å². The van der Waals surface area contributed by atoms with Crippen LogP contribution < -0.4 is 10.6 Å². The highest BCUT2D eigenvalue weighted by Crippen LogP contribution is 2.44. The molecular formula is C22H37IN4O2. The van der Waals surface area contributed by atoms with Gasteiger partial charge >= 0.3 is 0 Å². The van der Waals surface area contributed by atoms with Crippen molar-refractivity contribution in [2.75, 3.05) is 47.4 Å². The van der Waals surface area contributed by atoms with E-state index in [1.165, 1.54) is 19.3 Å². The Kier molecular flexibility index (Phi) is 11.6. The molecule has 1 aromatic rings. The van der Waals surface area contributed by atoms with Crippen molar-refractivity contribution in [1.29, 1.82) is 0 Å². The van der Waals surface area contributed by atoms with Crippen molar-refractivity contribution >= 4 is 35.8 Å². The Balaban J connectivity index is 0.00000420. The van der Waals surface area contributed by atoms with E-state index in [4.69, 9.17) is 9.73 Å². The van der Waals surface area contributed by atoms with Crippen molar-refractivity contribution in [3.8, 4) is 0 Å². The maximum Gasteiger partial charge on any atom is 0.253 e. The SMILES string of the molecule is CCNC(=NCC1(CCOC)CCC1)NCCc1cccc(C(=O)N(C)C)c1.I. The highest BCUT2D eigenvalue weighted by Gasteiger charge is 2.36. The second-order valence-electron chi connectivity index (χ2n) is 7.87. The van der Waals surface area contributed by atoms with Crippen LogP contribution in [0.1, 0.15) is 48.5 Å². The maximum absolute atomic E-state index is 12.1. The molecule has 2 N–H and O–H groups in total. The Labute approximate surface area is 192 Å². The molecule has 0 aliphatic heterocycles. The van der Waals surface area contributed by atoms with Crippen LogP contribution in [0.5, 0.6) is 0 Å². The van der Waals surface area contributed by atoms with Crippen molar-refractivity contribution < 1.29 is 9.53 Å². The number of halogens is 1.